The number of nitriles is 1. The van der Waals surface area contributed by atoms with Crippen molar-refractivity contribution in [1.29, 1.82) is 5.26 Å². The lowest BCUT2D eigenvalue weighted by Crippen LogP contribution is -1.90. The maximum atomic E-state index is 9.36. The van der Waals surface area contributed by atoms with Gasteiger partial charge in [0.2, 0.25) is 0 Å². The van der Waals surface area contributed by atoms with E-state index in [1.165, 1.54) is 11.8 Å². The number of H-pyrrole nitrogens is 1. The number of allylic oxidation sites excluding steroid dienone is 1. The van der Waals surface area contributed by atoms with Crippen LogP contribution in [0.5, 0.6) is 5.75 Å². The Kier molecular flexibility index (Phi) is 4.65. The Morgan fingerprint density at radius 3 is 2.74 bits per heavy atom. The van der Waals surface area contributed by atoms with Crippen molar-refractivity contribution in [2.45, 2.75) is 12.1 Å². The molecule has 5 heteroatoms. The molecule has 0 radical (unpaired) electrons. The highest BCUT2D eigenvalue weighted by Gasteiger charge is 2.06. The number of fused-ring (bicyclic) bond motifs is 1. The van der Waals surface area contributed by atoms with Crippen LogP contribution in [0.3, 0.4) is 0 Å². The minimum absolute atomic E-state index is 0.577. The number of hydrogen-bond donors (Lipinski definition) is 1. The number of nitrogens with one attached hydrogen (secondary N) is 1. The number of hydrogen-bond acceptors (Lipinski definition) is 4. The normalized spacial score (nSPS) is 11.4. The first-order chi connectivity index (χ1) is 11.3. The number of para-hydroxylation sites is 2. The van der Waals surface area contributed by atoms with Gasteiger partial charge >= 0.3 is 0 Å². The monoisotopic (exact) mass is 321 g/mol. The predicted molar refractivity (Wildman–Crippen MR) is 93.2 cm³/mol. The molecule has 2 aromatic carbocycles. The van der Waals surface area contributed by atoms with Crippen molar-refractivity contribution in [2.75, 3.05) is 6.61 Å². The molecule has 0 bridgehead atoms. The fraction of sp³-hybridized carbons (Fsp3) is 0.111. The Morgan fingerprint density at radius 1 is 1.26 bits per heavy atom. The van der Waals surface area contributed by atoms with E-state index in [-0.39, 0.29) is 0 Å². The Balaban J connectivity index is 1.80. The molecule has 0 aliphatic heterocycles. The highest BCUT2D eigenvalue weighted by Crippen LogP contribution is 2.27. The quantitative estimate of drug-likeness (QED) is 0.550. The maximum Gasteiger partial charge on any atom is 0.171 e. The lowest BCUT2D eigenvalue weighted by molar-refractivity contribution is 0.340. The molecule has 23 heavy (non-hydrogen) atoms. The molecule has 0 saturated carbocycles. The van der Waals surface area contributed by atoms with Gasteiger partial charge in [0, 0.05) is 0 Å². The number of aromatic nitrogens is 2. The van der Waals surface area contributed by atoms with Crippen molar-refractivity contribution in [1.82, 2.24) is 9.97 Å². The summed E-state index contributed by atoms with van der Waals surface area (Å²) < 4.78 is 5.42. The molecule has 0 unspecified atom stereocenters. The average molecular weight is 321 g/mol. The third kappa shape index (κ3) is 3.74. The Morgan fingerprint density at radius 2 is 2.04 bits per heavy atom. The van der Waals surface area contributed by atoms with Crippen molar-refractivity contribution in [3.63, 3.8) is 0 Å². The second-order valence-electron chi connectivity index (χ2n) is 4.78. The summed E-state index contributed by atoms with van der Waals surface area (Å²) in [6, 6.07) is 17.7. The molecule has 1 N–H and O–H groups in total. The second kappa shape index (κ2) is 7.03. The average Bonchev–Trinajstić information content (AvgIpc) is 2.98. The zero-order chi connectivity index (χ0) is 16.1. The van der Waals surface area contributed by atoms with E-state index in [0.717, 1.165) is 22.3 Å². The molecule has 0 atom stereocenters. The molecule has 0 aliphatic rings. The summed E-state index contributed by atoms with van der Waals surface area (Å²) in [6.07, 6.45) is 1.84. The molecule has 3 rings (SSSR count). The van der Waals surface area contributed by atoms with E-state index in [1.54, 1.807) is 0 Å². The van der Waals surface area contributed by atoms with Crippen molar-refractivity contribution in [3.05, 3.63) is 59.0 Å². The van der Waals surface area contributed by atoms with Crippen LogP contribution >= 0.6 is 11.8 Å². The maximum absolute atomic E-state index is 9.36. The lowest BCUT2D eigenvalue weighted by atomic mass is 10.2. The van der Waals surface area contributed by atoms with Gasteiger partial charge < -0.3 is 9.72 Å². The van der Waals surface area contributed by atoms with Crippen LogP contribution in [0.15, 0.2) is 58.6 Å². The zero-order valence-corrected chi connectivity index (χ0v) is 13.4. The molecule has 0 spiro atoms. The molecule has 4 nitrogen and oxygen atoms in total. The molecular formula is C18H15N3OS. The fourth-order valence-electron chi connectivity index (χ4n) is 2.14. The molecule has 3 aromatic rings. The summed E-state index contributed by atoms with van der Waals surface area (Å²) >= 11 is 1.33. The standard InChI is InChI=1S/C18H15N3OS/c1-2-22-14-9-7-13(8-10-14)11-15(12-19)23-18-20-16-5-3-4-6-17(16)21-18/h3-11H,2H2,1H3,(H,20,21)/b15-11+. The van der Waals surface area contributed by atoms with E-state index in [4.69, 9.17) is 4.74 Å². The van der Waals surface area contributed by atoms with E-state index in [0.29, 0.717) is 16.7 Å². The summed E-state index contributed by atoms with van der Waals surface area (Å²) in [7, 11) is 0. The number of nitrogens with zero attached hydrogens (tertiary/aromatic N) is 2. The van der Waals surface area contributed by atoms with Gasteiger partial charge in [-0.3, -0.25) is 0 Å². The highest BCUT2D eigenvalue weighted by atomic mass is 32.2. The lowest BCUT2D eigenvalue weighted by Gasteiger charge is -2.02. The molecule has 0 saturated heterocycles. The van der Waals surface area contributed by atoms with Gasteiger partial charge in [0.15, 0.2) is 5.16 Å². The topological polar surface area (TPSA) is 61.7 Å². The van der Waals surface area contributed by atoms with Gasteiger partial charge in [-0.05, 0) is 54.6 Å². The number of rotatable bonds is 5. The molecular weight excluding hydrogens is 306 g/mol. The van der Waals surface area contributed by atoms with Gasteiger partial charge in [-0.15, -0.1) is 0 Å². The van der Waals surface area contributed by atoms with Crippen LogP contribution in [0.1, 0.15) is 12.5 Å². The van der Waals surface area contributed by atoms with E-state index >= 15 is 0 Å². The summed E-state index contributed by atoms with van der Waals surface area (Å²) in [4.78, 5) is 8.26. The summed E-state index contributed by atoms with van der Waals surface area (Å²) in [5.41, 5.74) is 2.82. The zero-order valence-electron chi connectivity index (χ0n) is 12.6. The van der Waals surface area contributed by atoms with Crippen molar-refractivity contribution < 1.29 is 4.74 Å². The highest BCUT2D eigenvalue weighted by molar-refractivity contribution is 8.03. The van der Waals surface area contributed by atoms with E-state index < -0.39 is 0 Å². The summed E-state index contributed by atoms with van der Waals surface area (Å²) in [6.45, 7) is 2.59. The molecule has 0 fully saturated rings. The van der Waals surface area contributed by atoms with Crippen LogP contribution in [0.2, 0.25) is 0 Å². The molecule has 1 heterocycles. The van der Waals surface area contributed by atoms with Gasteiger partial charge in [0.1, 0.15) is 11.8 Å². The number of imidazole rings is 1. The minimum atomic E-state index is 0.577. The fourth-order valence-corrected chi connectivity index (χ4v) is 2.90. The Hall–Kier alpha value is -2.71. The third-order valence-corrected chi connectivity index (χ3v) is 3.99. The van der Waals surface area contributed by atoms with Gasteiger partial charge in [-0.2, -0.15) is 5.26 Å². The molecule has 114 valence electrons. The van der Waals surface area contributed by atoms with Gasteiger partial charge in [-0.25, -0.2) is 4.98 Å². The number of ether oxygens (including phenoxy) is 1. The SMILES string of the molecule is CCOc1ccc(/C=C(\C#N)Sc2nc3ccccc3[nH]2)cc1. The smallest absolute Gasteiger partial charge is 0.171 e. The van der Waals surface area contributed by atoms with Gasteiger partial charge in [0.25, 0.3) is 0 Å². The van der Waals surface area contributed by atoms with Crippen molar-refractivity contribution in [2.24, 2.45) is 0 Å². The first-order valence-corrected chi connectivity index (χ1v) is 8.07. The first-order valence-electron chi connectivity index (χ1n) is 7.26. The van der Waals surface area contributed by atoms with E-state index in [9.17, 15) is 5.26 Å². The molecule has 0 amide bonds. The first kappa shape index (κ1) is 15.2. The van der Waals surface area contributed by atoms with Crippen LogP contribution in [0.4, 0.5) is 0 Å². The van der Waals surface area contributed by atoms with Crippen molar-refractivity contribution >= 4 is 28.9 Å². The summed E-state index contributed by atoms with van der Waals surface area (Å²) in [5.74, 6) is 0.827. The largest absolute Gasteiger partial charge is 0.494 e. The summed E-state index contributed by atoms with van der Waals surface area (Å²) in [5, 5.41) is 10.1. The van der Waals surface area contributed by atoms with Crippen LogP contribution in [0.25, 0.3) is 17.1 Å². The van der Waals surface area contributed by atoms with E-state index in [1.807, 2.05) is 61.5 Å². The molecule has 1 aromatic heterocycles. The number of aromatic amines is 1. The van der Waals surface area contributed by atoms with E-state index in [2.05, 4.69) is 16.0 Å². The van der Waals surface area contributed by atoms with Crippen LogP contribution < -0.4 is 4.74 Å². The Labute approximate surface area is 138 Å². The predicted octanol–water partition coefficient (Wildman–Crippen LogP) is 4.62. The third-order valence-electron chi connectivity index (χ3n) is 3.17. The minimum Gasteiger partial charge on any atom is -0.494 e. The van der Waals surface area contributed by atoms with Crippen LogP contribution in [0, 0.1) is 11.3 Å². The van der Waals surface area contributed by atoms with Crippen LogP contribution in [-0.4, -0.2) is 16.6 Å². The van der Waals surface area contributed by atoms with Crippen molar-refractivity contribution in [3.8, 4) is 11.8 Å². The second-order valence-corrected chi connectivity index (χ2v) is 5.81. The van der Waals surface area contributed by atoms with Gasteiger partial charge in [0.05, 0.1) is 22.5 Å². The number of benzene rings is 2. The van der Waals surface area contributed by atoms with Gasteiger partial charge in [-0.1, -0.05) is 24.3 Å². The molecule has 0 aliphatic carbocycles. The Bertz CT molecular complexity index is 842. The van der Waals surface area contributed by atoms with Crippen LogP contribution in [-0.2, 0) is 0 Å². The number of thioether (sulfide) groups is 1.